The number of carbonyl (C=O) groups is 3. The van der Waals surface area contributed by atoms with Gasteiger partial charge in [0.25, 0.3) is 0 Å². The average molecular weight is 505 g/mol. The van der Waals surface area contributed by atoms with Gasteiger partial charge >= 0.3 is 18.1 Å². The highest BCUT2D eigenvalue weighted by molar-refractivity contribution is 7.96. The quantitative estimate of drug-likeness (QED) is 0.175. The number of nitrogens with two attached hydrogens (primary N) is 2. The number of rotatable bonds is 16. The molecule has 0 fully saturated rings. The zero-order valence-corrected chi connectivity index (χ0v) is 20.2. The van der Waals surface area contributed by atoms with E-state index in [-0.39, 0.29) is 54.2 Å². The van der Waals surface area contributed by atoms with Crippen LogP contribution in [0.4, 0.5) is 13.2 Å². The fraction of sp³-hybridized carbons (Fsp3) is 0.850. The Morgan fingerprint density at radius 3 is 2.24 bits per heavy atom. The van der Waals surface area contributed by atoms with Crippen LogP contribution >= 0.6 is 0 Å². The summed E-state index contributed by atoms with van der Waals surface area (Å²) in [5, 5.41) is 18.8. The molecule has 33 heavy (non-hydrogen) atoms. The van der Waals surface area contributed by atoms with Crippen LogP contribution in [0.5, 0.6) is 0 Å². The van der Waals surface area contributed by atoms with Crippen LogP contribution in [-0.2, 0) is 30.0 Å². The van der Waals surface area contributed by atoms with E-state index >= 15 is 0 Å². The first-order valence-corrected chi connectivity index (χ1v) is 12.6. The Morgan fingerprint density at radius 2 is 1.73 bits per heavy atom. The van der Waals surface area contributed by atoms with Gasteiger partial charge in [0, 0.05) is 19.6 Å². The Morgan fingerprint density at radius 1 is 1.12 bits per heavy atom. The van der Waals surface area contributed by atoms with E-state index in [1.807, 2.05) is 6.26 Å². The van der Waals surface area contributed by atoms with Gasteiger partial charge in [-0.15, -0.1) is 0 Å². The molecule has 0 aliphatic heterocycles. The van der Waals surface area contributed by atoms with Gasteiger partial charge in [-0.2, -0.15) is 13.2 Å². The number of carboxylic acid groups (broad SMARTS) is 1. The van der Waals surface area contributed by atoms with Gasteiger partial charge in [-0.1, -0.05) is 13.8 Å². The molecule has 9 nitrogen and oxygen atoms in total. The zero-order valence-electron chi connectivity index (χ0n) is 19.3. The van der Waals surface area contributed by atoms with Crippen molar-refractivity contribution in [2.75, 3.05) is 37.5 Å². The number of hydrogen-bond acceptors (Lipinski definition) is 7. The number of alkyl halides is 3. The largest absolute Gasteiger partial charge is 0.480 e. The molecule has 13 heteroatoms. The van der Waals surface area contributed by atoms with Crippen molar-refractivity contribution in [3.8, 4) is 0 Å². The van der Waals surface area contributed by atoms with E-state index in [2.05, 4.69) is 0 Å². The Kier molecular flexibility index (Phi) is 14.8. The Balaban J connectivity index is 4.41. The molecule has 2 amide bonds. The third-order valence-corrected chi connectivity index (χ3v) is 6.48. The zero-order chi connectivity index (χ0) is 25.8. The number of unbranched alkanes of at least 4 members (excludes halogenated alkanes) is 1. The summed E-state index contributed by atoms with van der Waals surface area (Å²) in [6.07, 6.45) is -3.27. The maximum absolute atomic E-state index is 12.9. The summed E-state index contributed by atoms with van der Waals surface area (Å²) in [5.74, 6) is -3.43. The van der Waals surface area contributed by atoms with Crippen LogP contribution in [-0.4, -0.2) is 94.8 Å². The summed E-state index contributed by atoms with van der Waals surface area (Å²) < 4.78 is 44.0. The summed E-state index contributed by atoms with van der Waals surface area (Å²) in [6.45, 7) is 3.23. The van der Waals surface area contributed by atoms with E-state index in [0.29, 0.717) is 17.9 Å². The van der Waals surface area contributed by atoms with E-state index in [1.54, 1.807) is 13.8 Å². The molecular formula is C20H37F3N3O6S+. The molecule has 0 aromatic rings. The predicted octanol–water partition coefficient (Wildman–Crippen LogP) is 0.485. The normalized spacial score (nSPS) is 15.7. The van der Waals surface area contributed by atoms with Crippen LogP contribution in [0, 0.1) is 5.92 Å². The second kappa shape index (κ2) is 15.5. The molecule has 6 N–H and O–H groups in total. The Bertz CT molecular complexity index is 624. The van der Waals surface area contributed by atoms with Gasteiger partial charge in [0.05, 0.1) is 18.9 Å². The molecule has 194 valence electrons. The number of halogens is 3. The van der Waals surface area contributed by atoms with E-state index < -0.39 is 48.7 Å². The van der Waals surface area contributed by atoms with Crippen molar-refractivity contribution in [1.29, 1.82) is 0 Å². The molecule has 0 radical (unpaired) electrons. The number of amides is 2. The van der Waals surface area contributed by atoms with E-state index in [1.165, 1.54) is 0 Å². The van der Waals surface area contributed by atoms with Crippen molar-refractivity contribution < 1.29 is 42.5 Å². The highest BCUT2D eigenvalue weighted by Crippen LogP contribution is 2.20. The smallest absolute Gasteiger partial charge is 0.471 e. The lowest BCUT2D eigenvalue weighted by molar-refractivity contribution is -0.188. The molecule has 0 aromatic carbocycles. The number of aliphatic hydroxyl groups is 1. The SMILES string of the molecule is CC(C)C[C@H](N)C(=O)N(CCCCOCC(O)C[S+](C)CC[C@H](N)C(=O)O)C(=O)C(F)(F)F. The Hall–Kier alpha value is -1.41. The minimum Gasteiger partial charge on any atom is -0.480 e. The monoisotopic (exact) mass is 504 g/mol. The number of carbonyl (C=O) groups excluding carboxylic acids is 2. The topological polar surface area (TPSA) is 156 Å². The van der Waals surface area contributed by atoms with E-state index in [9.17, 15) is 32.7 Å². The van der Waals surface area contributed by atoms with Gasteiger partial charge in [-0.05, 0) is 36.1 Å². The lowest BCUT2D eigenvalue weighted by atomic mass is 10.0. The second-order valence-electron chi connectivity index (χ2n) is 8.35. The van der Waals surface area contributed by atoms with E-state index in [0.717, 1.165) is 0 Å². The molecule has 2 unspecified atom stereocenters. The number of hydrogen-bond donors (Lipinski definition) is 4. The molecular weight excluding hydrogens is 467 g/mol. The molecule has 0 aromatic heterocycles. The lowest BCUT2D eigenvalue weighted by Crippen LogP contribution is -2.51. The van der Waals surface area contributed by atoms with Crippen LogP contribution in [0.15, 0.2) is 0 Å². The minimum absolute atomic E-state index is 0.00567. The summed E-state index contributed by atoms with van der Waals surface area (Å²) >= 11 is 0. The maximum atomic E-state index is 12.9. The predicted molar refractivity (Wildman–Crippen MR) is 120 cm³/mol. The van der Waals surface area contributed by atoms with Crippen LogP contribution in [0.3, 0.4) is 0 Å². The number of aliphatic hydroxyl groups excluding tert-OH is 1. The molecule has 0 aliphatic carbocycles. The summed E-state index contributed by atoms with van der Waals surface area (Å²) in [5.41, 5.74) is 11.1. The molecule has 0 spiro atoms. The molecule has 0 rings (SSSR count). The van der Waals surface area contributed by atoms with Crippen molar-refractivity contribution >= 4 is 28.7 Å². The second-order valence-corrected chi connectivity index (χ2v) is 10.7. The molecule has 0 bridgehead atoms. The van der Waals surface area contributed by atoms with Crippen molar-refractivity contribution in [2.24, 2.45) is 17.4 Å². The van der Waals surface area contributed by atoms with Crippen molar-refractivity contribution in [3.05, 3.63) is 0 Å². The van der Waals surface area contributed by atoms with Gasteiger partial charge in [-0.25, -0.2) is 0 Å². The first-order chi connectivity index (χ1) is 15.2. The van der Waals surface area contributed by atoms with Gasteiger partial charge in [0.1, 0.15) is 23.7 Å². The summed E-state index contributed by atoms with van der Waals surface area (Å²) in [6, 6.07) is -2.14. The van der Waals surface area contributed by atoms with E-state index in [4.69, 9.17) is 21.3 Å². The fourth-order valence-corrected chi connectivity index (χ4v) is 4.45. The highest BCUT2D eigenvalue weighted by atomic mass is 32.2. The van der Waals surface area contributed by atoms with Crippen LogP contribution in [0.1, 0.15) is 39.5 Å². The fourth-order valence-electron chi connectivity index (χ4n) is 2.88. The first kappa shape index (κ1) is 31.6. The number of nitrogens with zero attached hydrogens (tertiary/aromatic N) is 1. The number of aliphatic carboxylic acids is 1. The van der Waals surface area contributed by atoms with Crippen LogP contribution in [0.25, 0.3) is 0 Å². The summed E-state index contributed by atoms with van der Waals surface area (Å²) in [7, 11) is -0.254. The molecule has 0 saturated carbocycles. The van der Waals surface area contributed by atoms with Gasteiger partial charge in [0.2, 0.25) is 5.91 Å². The third kappa shape index (κ3) is 13.8. The number of ether oxygens (including phenoxy) is 1. The number of imide groups is 1. The van der Waals surface area contributed by atoms with Crippen molar-refractivity contribution in [2.45, 2.75) is 63.9 Å². The third-order valence-electron chi connectivity index (χ3n) is 4.60. The van der Waals surface area contributed by atoms with Gasteiger partial charge in [0.15, 0.2) is 0 Å². The lowest BCUT2D eigenvalue weighted by Gasteiger charge is -2.25. The number of carboxylic acids is 1. The standard InChI is InChI=1S/C20H36F3N3O6S/c1-13(2)10-16(25)17(28)26(19(31)20(21,22)23)7-4-5-8-32-11-14(27)12-33(3)9-6-15(24)18(29)30/h13-16,27H,4-12,24-25H2,1-3H3/p+1/t14?,15-,16-,33?/m0/s1. The first-order valence-electron chi connectivity index (χ1n) is 10.7. The minimum atomic E-state index is -5.18. The molecule has 0 saturated heterocycles. The average Bonchev–Trinajstić information content (AvgIpc) is 2.69. The van der Waals surface area contributed by atoms with Crippen LogP contribution < -0.4 is 11.5 Å². The molecule has 0 heterocycles. The van der Waals surface area contributed by atoms with Crippen molar-refractivity contribution in [1.82, 2.24) is 4.90 Å². The maximum Gasteiger partial charge on any atom is 0.471 e. The van der Waals surface area contributed by atoms with Gasteiger partial charge < -0.3 is 26.4 Å². The highest BCUT2D eigenvalue weighted by Gasteiger charge is 2.45. The molecule has 4 atom stereocenters. The van der Waals surface area contributed by atoms with Crippen molar-refractivity contribution in [3.63, 3.8) is 0 Å². The Labute approximate surface area is 195 Å². The van der Waals surface area contributed by atoms with Crippen LogP contribution in [0.2, 0.25) is 0 Å². The summed E-state index contributed by atoms with van der Waals surface area (Å²) in [4.78, 5) is 34.8. The van der Waals surface area contributed by atoms with Gasteiger partial charge in [-0.3, -0.25) is 19.3 Å². The molecule has 0 aliphatic rings.